The molecule has 108 valence electrons. The molecule has 0 spiro atoms. The molecule has 0 unspecified atom stereocenters. The molecule has 0 amide bonds. The van der Waals surface area contributed by atoms with Gasteiger partial charge in [-0.05, 0) is 32.1 Å². The van der Waals surface area contributed by atoms with Crippen molar-refractivity contribution < 1.29 is 4.74 Å². The summed E-state index contributed by atoms with van der Waals surface area (Å²) in [5.41, 5.74) is 8.23. The Kier molecular flexibility index (Phi) is 6.67. The molecular weight excluding hydrogens is 238 g/mol. The molecule has 0 aliphatic carbocycles. The highest BCUT2D eigenvalue weighted by molar-refractivity contribution is 5.57. The number of likely N-dealkylation sites (N-methyl/N-ethyl adjacent to an activating group) is 1. The van der Waals surface area contributed by atoms with Gasteiger partial charge in [0.2, 0.25) is 0 Å². The number of methoxy groups -OCH3 is 1. The van der Waals surface area contributed by atoms with E-state index < -0.39 is 0 Å². The Morgan fingerprint density at radius 1 is 1.16 bits per heavy atom. The summed E-state index contributed by atoms with van der Waals surface area (Å²) in [6, 6.07) is 6.13. The van der Waals surface area contributed by atoms with E-state index in [1.54, 1.807) is 7.11 Å². The number of benzene rings is 1. The van der Waals surface area contributed by atoms with Crippen molar-refractivity contribution in [2.24, 2.45) is 5.73 Å². The van der Waals surface area contributed by atoms with Crippen LogP contribution in [0.3, 0.4) is 0 Å². The summed E-state index contributed by atoms with van der Waals surface area (Å²) in [5.74, 6) is 0.887. The van der Waals surface area contributed by atoms with Crippen LogP contribution in [0.4, 0.5) is 5.69 Å². The van der Waals surface area contributed by atoms with Crippen LogP contribution in [0, 0.1) is 0 Å². The molecule has 0 atom stereocenters. The lowest BCUT2D eigenvalue weighted by Gasteiger charge is -2.28. The molecule has 1 aromatic carbocycles. The Labute approximate surface area is 117 Å². The Morgan fingerprint density at radius 2 is 1.89 bits per heavy atom. The number of hydrogen-bond acceptors (Lipinski definition) is 4. The van der Waals surface area contributed by atoms with E-state index in [0.717, 1.165) is 31.8 Å². The van der Waals surface area contributed by atoms with Crippen molar-refractivity contribution in [1.29, 1.82) is 0 Å². The topological polar surface area (TPSA) is 41.7 Å². The van der Waals surface area contributed by atoms with Gasteiger partial charge in [-0.15, -0.1) is 0 Å². The summed E-state index contributed by atoms with van der Waals surface area (Å²) < 4.78 is 5.33. The highest BCUT2D eigenvalue weighted by Gasteiger charge is 2.11. The smallest absolute Gasteiger partial charge is 0.120 e. The standard InChI is InChI=1S/C15H27N3O/c1-5-8-18(10-9-17(2)3)15-11-14(19-4)7-6-13(15)12-16/h6-7,11H,5,8-10,12,16H2,1-4H3. The minimum absolute atomic E-state index is 0.557. The highest BCUT2D eigenvalue weighted by Crippen LogP contribution is 2.26. The van der Waals surface area contributed by atoms with Gasteiger partial charge >= 0.3 is 0 Å². The SMILES string of the molecule is CCCN(CCN(C)C)c1cc(OC)ccc1CN. The second-order valence-corrected chi connectivity index (χ2v) is 4.99. The summed E-state index contributed by atoms with van der Waals surface area (Å²) in [4.78, 5) is 4.59. The maximum absolute atomic E-state index is 5.85. The monoisotopic (exact) mass is 265 g/mol. The maximum atomic E-state index is 5.85. The molecule has 0 saturated carbocycles. The van der Waals surface area contributed by atoms with Crippen LogP contribution in [0.15, 0.2) is 18.2 Å². The lowest BCUT2D eigenvalue weighted by Crippen LogP contribution is -2.33. The van der Waals surface area contributed by atoms with Gasteiger partial charge in [0.15, 0.2) is 0 Å². The molecule has 19 heavy (non-hydrogen) atoms. The Bertz CT molecular complexity index is 380. The average Bonchev–Trinajstić information content (AvgIpc) is 2.42. The van der Waals surface area contributed by atoms with Crippen molar-refractivity contribution in [3.63, 3.8) is 0 Å². The minimum atomic E-state index is 0.557. The summed E-state index contributed by atoms with van der Waals surface area (Å²) in [5, 5.41) is 0. The molecule has 4 nitrogen and oxygen atoms in total. The molecule has 1 aromatic rings. The number of hydrogen-bond donors (Lipinski definition) is 1. The van der Waals surface area contributed by atoms with Crippen LogP contribution in [0.25, 0.3) is 0 Å². The van der Waals surface area contributed by atoms with Crippen molar-refractivity contribution in [3.8, 4) is 5.75 Å². The fraction of sp³-hybridized carbons (Fsp3) is 0.600. The van der Waals surface area contributed by atoms with Crippen LogP contribution in [-0.2, 0) is 6.54 Å². The quantitative estimate of drug-likeness (QED) is 0.780. The molecule has 1 rings (SSSR count). The summed E-state index contributed by atoms with van der Waals surface area (Å²) in [6.45, 7) is 5.82. The summed E-state index contributed by atoms with van der Waals surface area (Å²) >= 11 is 0. The zero-order valence-electron chi connectivity index (χ0n) is 12.6. The molecule has 2 N–H and O–H groups in total. The van der Waals surface area contributed by atoms with E-state index in [1.165, 1.54) is 11.3 Å². The predicted molar refractivity (Wildman–Crippen MR) is 81.9 cm³/mol. The van der Waals surface area contributed by atoms with E-state index in [-0.39, 0.29) is 0 Å². The van der Waals surface area contributed by atoms with E-state index in [4.69, 9.17) is 10.5 Å². The molecule has 0 saturated heterocycles. The fourth-order valence-electron chi connectivity index (χ4n) is 2.08. The van der Waals surface area contributed by atoms with Gasteiger partial charge in [-0.25, -0.2) is 0 Å². The summed E-state index contributed by atoms with van der Waals surface area (Å²) in [6.07, 6.45) is 1.12. The van der Waals surface area contributed by atoms with Gasteiger partial charge in [0, 0.05) is 37.9 Å². The Balaban J connectivity index is 2.97. The number of nitrogens with two attached hydrogens (primary N) is 1. The molecule has 0 radical (unpaired) electrons. The first-order chi connectivity index (χ1) is 9.12. The molecule has 0 aliphatic rings. The van der Waals surface area contributed by atoms with Gasteiger partial charge in [-0.1, -0.05) is 13.0 Å². The van der Waals surface area contributed by atoms with Crippen molar-refractivity contribution >= 4 is 5.69 Å². The van der Waals surface area contributed by atoms with E-state index in [2.05, 4.69) is 43.0 Å². The Morgan fingerprint density at radius 3 is 2.42 bits per heavy atom. The van der Waals surface area contributed by atoms with Gasteiger partial charge < -0.3 is 20.3 Å². The first-order valence-electron chi connectivity index (χ1n) is 6.89. The fourth-order valence-corrected chi connectivity index (χ4v) is 2.08. The molecule has 0 heterocycles. The van der Waals surface area contributed by atoms with Crippen LogP contribution in [-0.4, -0.2) is 45.7 Å². The third kappa shape index (κ3) is 4.73. The predicted octanol–water partition coefficient (Wildman–Crippen LogP) is 1.93. The first-order valence-corrected chi connectivity index (χ1v) is 6.89. The zero-order chi connectivity index (χ0) is 14.3. The van der Waals surface area contributed by atoms with Crippen LogP contribution in [0.1, 0.15) is 18.9 Å². The molecule has 4 heteroatoms. The van der Waals surface area contributed by atoms with Gasteiger partial charge in [-0.2, -0.15) is 0 Å². The summed E-state index contributed by atoms with van der Waals surface area (Å²) in [7, 11) is 5.89. The second-order valence-electron chi connectivity index (χ2n) is 4.99. The van der Waals surface area contributed by atoms with Crippen molar-refractivity contribution in [2.45, 2.75) is 19.9 Å². The van der Waals surface area contributed by atoms with Crippen LogP contribution >= 0.6 is 0 Å². The van der Waals surface area contributed by atoms with Gasteiger partial charge in [0.1, 0.15) is 5.75 Å². The second kappa shape index (κ2) is 8.02. The average molecular weight is 265 g/mol. The van der Waals surface area contributed by atoms with Gasteiger partial charge in [0.25, 0.3) is 0 Å². The number of anilines is 1. The lowest BCUT2D eigenvalue weighted by atomic mass is 10.1. The largest absolute Gasteiger partial charge is 0.497 e. The van der Waals surface area contributed by atoms with Crippen molar-refractivity contribution in [3.05, 3.63) is 23.8 Å². The van der Waals surface area contributed by atoms with Gasteiger partial charge in [-0.3, -0.25) is 0 Å². The lowest BCUT2D eigenvalue weighted by molar-refractivity contribution is 0.410. The van der Waals surface area contributed by atoms with E-state index >= 15 is 0 Å². The zero-order valence-corrected chi connectivity index (χ0v) is 12.6. The van der Waals surface area contributed by atoms with E-state index in [1.807, 2.05) is 6.07 Å². The number of nitrogens with zero attached hydrogens (tertiary/aromatic N) is 2. The number of rotatable bonds is 8. The van der Waals surface area contributed by atoms with Crippen LogP contribution in [0.5, 0.6) is 5.75 Å². The highest BCUT2D eigenvalue weighted by atomic mass is 16.5. The third-order valence-corrected chi connectivity index (χ3v) is 3.16. The Hall–Kier alpha value is -1.26. The molecular formula is C15H27N3O. The molecule has 0 aliphatic heterocycles. The van der Waals surface area contributed by atoms with Crippen LogP contribution < -0.4 is 15.4 Å². The van der Waals surface area contributed by atoms with E-state index in [0.29, 0.717) is 6.54 Å². The van der Waals surface area contributed by atoms with Gasteiger partial charge in [0.05, 0.1) is 7.11 Å². The van der Waals surface area contributed by atoms with Crippen LogP contribution in [0.2, 0.25) is 0 Å². The molecule has 0 fully saturated rings. The normalized spacial score (nSPS) is 10.8. The maximum Gasteiger partial charge on any atom is 0.120 e. The van der Waals surface area contributed by atoms with Crippen molar-refractivity contribution in [1.82, 2.24) is 4.90 Å². The van der Waals surface area contributed by atoms with Crippen molar-refractivity contribution in [2.75, 3.05) is 45.7 Å². The molecule has 0 aromatic heterocycles. The minimum Gasteiger partial charge on any atom is -0.497 e. The number of ether oxygens (including phenoxy) is 1. The first kappa shape index (κ1) is 15.8. The third-order valence-electron chi connectivity index (χ3n) is 3.16. The molecule has 0 bridgehead atoms. The van der Waals surface area contributed by atoms with E-state index in [9.17, 15) is 0 Å².